The van der Waals surface area contributed by atoms with Gasteiger partial charge in [-0.25, -0.2) is 4.98 Å². The minimum atomic E-state index is 0.719. The van der Waals surface area contributed by atoms with Crippen molar-refractivity contribution in [1.82, 2.24) is 24.8 Å². The third-order valence-corrected chi connectivity index (χ3v) is 5.14. The fourth-order valence-corrected chi connectivity index (χ4v) is 3.80. The van der Waals surface area contributed by atoms with Crippen LogP contribution in [-0.2, 0) is 0 Å². The van der Waals surface area contributed by atoms with E-state index < -0.39 is 0 Å². The number of nitrogens with one attached hydrogen (secondary N) is 1. The van der Waals surface area contributed by atoms with Crippen LogP contribution in [0.1, 0.15) is 0 Å². The van der Waals surface area contributed by atoms with Crippen molar-refractivity contribution in [1.29, 1.82) is 0 Å². The molecule has 0 saturated carbocycles. The monoisotopic (exact) mass is 350 g/mol. The highest BCUT2D eigenvalue weighted by Crippen LogP contribution is 2.24. The van der Waals surface area contributed by atoms with Crippen molar-refractivity contribution in [3.05, 3.63) is 52.7 Å². The number of thiazole rings is 1. The number of thiophene rings is 1. The number of hydrogen-bond acceptors (Lipinski definition) is 7. The van der Waals surface area contributed by atoms with E-state index in [1.165, 1.54) is 4.70 Å². The summed E-state index contributed by atoms with van der Waals surface area (Å²) in [6.07, 6.45) is 0. The van der Waals surface area contributed by atoms with E-state index in [9.17, 15) is 0 Å². The Bertz CT molecular complexity index is 1140. The second-order valence-corrected chi connectivity index (χ2v) is 6.85. The van der Waals surface area contributed by atoms with Crippen molar-refractivity contribution in [3.8, 4) is 11.4 Å². The Labute approximate surface area is 144 Å². The second kappa shape index (κ2) is 5.36. The van der Waals surface area contributed by atoms with Gasteiger partial charge in [0.1, 0.15) is 0 Å². The number of fused-ring (bicyclic) bond motifs is 2. The molecule has 0 fully saturated rings. The summed E-state index contributed by atoms with van der Waals surface area (Å²) in [6, 6.07) is 11.9. The predicted molar refractivity (Wildman–Crippen MR) is 97.0 cm³/mol. The van der Waals surface area contributed by atoms with E-state index in [0.717, 1.165) is 34.1 Å². The molecule has 6 nitrogen and oxygen atoms in total. The lowest BCUT2D eigenvalue weighted by molar-refractivity contribution is 0.942. The van der Waals surface area contributed by atoms with E-state index in [-0.39, 0.29) is 0 Å². The summed E-state index contributed by atoms with van der Waals surface area (Å²) in [7, 11) is 0. The first kappa shape index (κ1) is 13.6. The van der Waals surface area contributed by atoms with Gasteiger partial charge in [-0.2, -0.15) is 15.9 Å². The number of aromatic nitrogens is 5. The third-order valence-electron chi connectivity index (χ3n) is 3.64. The number of nitrogens with zero attached hydrogens (tertiary/aromatic N) is 5. The molecule has 5 aromatic rings. The molecule has 116 valence electrons. The maximum atomic E-state index is 4.62. The van der Waals surface area contributed by atoms with Gasteiger partial charge in [-0.3, -0.25) is 0 Å². The molecule has 0 bridgehead atoms. The Morgan fingerprint density at radius 1 is 1.04 bits per heavy atom. The molecule has 0 atom stereocenters. The van der Waals surface area contributed by atoms with Gasteiger partial charge in [0.2, 0.25) is 0 Å². The van der Waals surface area contributed by atoms with Crippen LogP contribution in [0.2, 0.25) is 0 Å². The van der Waals surface area contributed by atoms with Crippen LogP contribution in [0.25, 0.3) is 27.3 Å². The second-order valence-electron chi connectivity index (χ2n) is 5.18. The molecule has 0 radical (unpaired) electrons. The number of anilines is 2. The molecule has 1 aromatic carbocycles. The van der Waals surface area contributed by atoms with Gasteiger partial charge >= 0.3 is 0 Å². The Balaban J connectivity index is 1.55. The molecule has 0 amide bonds. The average Bonchev–Trinajstić information content (AvgIpc) is 3.34. The van der Waals surface area contributed by atoms with Crippen LogP contribution in [0, 0.1) is 0 Å². The van der Waals surface area contributed by atoms with Crippen molar-refractivity contribution >= 4 is 50.0 Å². The molecular formula is C16H10N6S2. The smallest absolute Gasteiger partial charge is 0.186 e. The zero-order chi connectivity index (χ0) is 15.9. The van der Waals surface area contributed by atoms with Gasteiger partial charge in [0.05, 0.1) is 15.7 Å². The maximum absolute atomic E-state index is 4.62. The van der Waals surface area contributed by atoms with Crippen molar-refractivity contribution < 1.29 is 0 Å². The van der Waals surface area contributed by atoms with Crippen LogP contribution in [0.15, 0.2) is 52.7 Å². The summed E-state index contributed by atoms with van der Waals surface area (Å²) in [5.41, 5.74) is 5.51. The first-order chi connectivity index (χ1) is 11.9. The molecular weight excluding hydrogens is 340 g/mol. The Morgan fingerprint density at radius 3 is 2.96 bits per heavy atom. The van der Waals surface area contributed by atoms with Gasteiger partial charge in [0.25, 0.3) is 0 Å². The molecule has 1 N–H and O–H groups in total. The topological polar surface area (TPSA) is 68.0 Å². The van der Waals surface area contributed by atoms with Crippen LogP contribution in [-0.4, -0.2) is 24.8 Å². The largest absolute Gasteiger partial charge is 0.339 e. The number of hydrogen-bond donors (Lipinski definition) is 1. The minimum Gasteiger partial charge on any atom is -0.339 e. The van der Waals surface area contributed by atoms with Crippen LogP contribution < -0.4 is 5.32 Å². The Morgan fingerprint density at radius 2 is 2.04 bits per heavy atom. The SMILES string of the molecule is c1cc(-c2nnc3ccc(Nc4ccc5scnc5c4)nn23)cs1. The van der Waals surface area contributed by atoms with E-state index >= 15 is 0 Å². The van der Waals surface area contributed by atoms with Crippen molar-refractivity contribution in [2.45, 2.75) is 0 Å². The van der Waals surface area contributed by atoms with E-state index in [1.54, 1.807) is 27.2 Å². The fraction of sp³-hybridized carbons (Fsp3) is 0. The Kier molecular flexibility index (Phi) is 3.03. The van der Waals surface area contributed by atoms with Crippen molar-refractivity contribution in [2.75, 3.05) is 5.32 Å². The molecule has 0 aliphatic rings. The first-order valence-corrected chi connectivity index (χ1v) is 9.04. The standard InChI is InChI=1S/C16H10N6S2/c1-2-13-12(17-9-24-13)7-11(1)18-14-3-4-15-19-20-16(22(15)21-14)10-5-6-23-8-10/h1-9H,(H,18,21). The summed E-state index contributed by atoms with van der Waals surface area (Å²) in [4.78, 5) is 4.34. The molecule has 0 spiro atoms. The van der Waals surface area contributed by atoms with Gasteiger partial charge in [-0.05, 0) is 41.8 Å². The van der Waals surface area contributed by atoms with Crippen molar-refractivity contribution in [3.63, 3.8) is 0 Å². The fourth-order valence-electron chi connectivity index (χ4n) is 2.51. The maximum Gasteiger partial charge on any atom is 0.186 e. The summed E-state index contributed by atoms with van der Waals surface area (Å²) < 4.78 is 2.92. The lowest BCUT2D eigenvalue weighted by Crippen LogP contribution is -2.00. The molecule has 8 heteroatoms. The molecule has 0 aliphatic carbocycles. The number of rotatable bonds is 3. The summed E-state index contributed by atoms with van der Waals surface area (Å²) in [5, 5.41) is 20.4. The molecule has 24 heavy (non-hydrogen) atoms. The molecule has 0 aliphatic heterocycles. The van der Waals surface area contributed by atoms with Gasteiger partial charge in [-0.1, -0.05) is 0 Å². The Hall–Kier alpha value is -2.84. The summed E-state index contributed by atoms with van der Waals surface area (Å²) in [6.45, 7) is 0. The molecule has 0 unspecified atom stereocenters. The highest BCUT2D eigenvalue weighted by molar-refractivity contribution is 7.16. The van der Waals surface area contributed by atoms with Gasteiger partial charge in [-0.15, -0.1) is 26.6 Å². The zero-order valence-corrected chi connectivity index (χ0v) is 13.9. The minimum absolute atomic E-state index is 0.719. The normalized spacial score (nSPS) is 11.3. The molecule has 4 aromatic heterocycles. The third kappa shape index (κ3) is 2.24. The van der Waals surface area contributed by atoms with E-state index in [4.69, 9.17) is 0 Å². The highest BCUT2D eigenvalue weighted by atomic mass is 32.1. The number of benzene rings is 1. The average molecular weight is 350 g/mol. The summed E-state index contributed by atoms with van der Waals surface area (Å²) >= 11 is 3.26. The van der Waals surface area contributed by atoms with E-state index in [0.29, 0.717) is 0 Å². The van der Waals surface area contributed by atoms with E-state index in [1.807, 2.05) is 46.6 Å². The zero-order valence-electron chi connectivity index (χ0n) is 12.2. The van der Waals surface area contributed by atoms with E-state index in [2.05, 4.69) is 31.7 Å². The first-order valence-electron chi connectivity index (χ1n) is 7.22. The predicted octanol–water partition coefficient (Wildman–Crippen LogP) is 4.21. The van der Waals surface area contributed by atoms with Crippen LogP contribution in [0.5, 0.6) is 0 Å². The molecule has 4 heterocycles. The van der Waals surface area contributed by atoms with Crippen molar-refractivity contribution in [2.24, 2.45) is 0 Å². The van der Waals surface area contributed by atoms with Gasteiger partial charge < -0.3 is 5.32 Å². The van der Waals surface area contributed by atoms with Gasteiger partial charge in [0, 0.05) is 16.6 Å². The van der Waals surface area contributed by atoms with Crippen LogP contribution >= 0.6 is 22.7 Å². The molecule has 0 saturated heterocycles. The van der Waals surface area contributed by atoms with Crippen LogP contribution in [0.3, 0.4) is 0 Å². The van der Waals surface area contributed by atoms with Gasteiger partial charge in [0.15, 0.2) is 17.3 Å². The highest BCUT2D eigenvalue weighted by Gasteiger charge is 2.10. The lowest BCUT2D eigenvalue weighted by atomic mass is 10.3. The molecule has 5 rings (SSSR count). The summed E-state index contributed by atoms with van der Waals surface area (Å²) in [5.74, 6) is 1.47. The quantitative estimate of drug-likeness (QED) is 0.528. The van der Waals surface area contributed by atoms with Crippen LogP contribution in [0.4, 0.5) is 11.5 Å². The lowest BCUT2D eigenvalue weighted by Gasteiger charge is -2.06.